The highest BCUT2D eigenvalue weighted by Gasteiger charge is 2.25. The highest BCUT2D eigenvalue weighted by Crippen LogP contribution is 2.46. The van der Waals surface area contributed by atoms with Gasteiger partial charge in [0, 0.05) is 22.9 Å². The van der Waals surface area contributed by atoms with Crippen LogP contribution in [0.25, 0.3) is 22.6 Å². The number of carbonyl (C=O) groups excluding carboxylic acids is 1. The summed E-state index contributed by atoms with van der Waals surface area (Å²) in [5, 5.41) is 10.7. The molecule has 1 atom stereocenters. The van der Waals surface area contributed by atoms with Gasteiger partial charge in [0.15, 0.2) is 40.3 Å². The number of nitrogens with one attached hydrogen (secondary N) is 2. The van der Waals surface area contributed by atoms with Crippen molar-refractivity contribution in [2.45, 2.75) is 44.7 Å². The van der Waals surface area contributed by atoms with E-state index >= 15 is 0 Å². The zero-order valence-corrected chi connectivity index (χ0v) is 32.7. The summed E-state index contributed by atoms with van der Waals surface area (Å²) >= 11 is 0. The highest BCUT2D eigenvalue weighted by atomic mass is 16.5. The van der Waals surface area contributed by atoms with Crippen LogP contribution in [-0.2, 0) is 0 Å². The molecule has 0 saturated heterocycles. The zero-order valence-electron chi connectivity index (χ0n) is 32.7. The minimum Gasteiger partial charge on any atom is -0.493 e. The SMILES string of the molecule is COc1cc(C2NC(=O)c3ccccc3N2)ccc1OCCCCCCCCOc1c(OC)ccc(-c2cc(-c3cc(OC)c(OC)c(OC)c3)on2)c1OC. The number of para-hydroxylation sites is 1. The van der Waals surface area contributed by atoms with Gasteiger partial charge >= 0.3 is 0 Å². The van der Waals surface area contributed by atoms with Gasteiger partial charge in [-0.2, -0.15) is 0 Å². The molecule has 1 amide bonds. The predicted molar refractivity (Wildman–Crippen MR) is 212 cm³/mol. The van der Waals surface area contributed by atoms with Crippen molar-refractivity contribution in [1.29, 1.82) is 0 Å². The van der Waals surface area contributed by atoms with Crippen LogP contribution in [-0.4, -0.2) is 66.9 Å². The van der Waals surface area contributed by atoms with E-state index in [9.17, 15) is 4.79 Å². The number of hydrogen-bond acceptors (Lipinski definition) is 12. The van der Waals surface area contributed by atoms with E-state index in [0.29, 0.717) is 87.4 Å². The molecule has 4 aromatic carbocycles. The summed E-state index contributed by atoms with van der Waals surface area (Å²) < 4.78 is 51.6. The van der Waals surface area contributed by atoms with E-state index < -0.39 is 0 Å². The molecule has 5 aromatic rings. The largest absolute Gasteiger partial charge is 0.493 e. The van der Waals surface area contributed by atoms with Gasteiger partial charge in [0.05, 0.1) is 61.4 Å². The number of benzene rings is 4. The number of rotatable bonds is 20. The van der Waals surface area contributed by atoms with Crippen molar-refractivity contribution in [2.24, 2.45) is 0 Å². The third-order valence-electron chi connectivity index (χ3n) is 9.55. The lowest BCUT2D eigenvalue weighted by atomic mass is 10.1. The van der Waals surface area contributed by atoms with E-state index in [1.54, 1.807) is 60.9 Å². The average Bonchev–Trinajstić information content (AvgIpc) is 3.73. The molecule has 0 spiro atoms. The van der Waals surface area contributed by atoms with Gasteiger partial charge in [0.25, 0.3) is 5.91 Å². The highest BCUT2D eigenvalue weighted by molar-refractivity contribution is 6.01. The van der Waals surface area contributed by atoms with Gasteiger partial charge < -0.3 is 53.1 Å². The van der Waals surface area contributed by atoms with Gasteiger partial charge in [-0.15, -0.1) is 0 Å². The standard InChI is InChI=1S/C43H49N3O10/c1-48-34-20-18-29(32-26-35(56-46-32)28-24-37(50-3)40(53-6)38(25-28)51-4)39(52-5)41(34)55-22-14-10-8-7-9-13-21-54-33-19-17-27(23-36(33)49-2)42-44-31-16-12-11-15-30(31)43(47)45-42/h11-12,15-20,23-26,42,44H,7-10,13-14,21-22H2,1-6H3,(H,45,47). The topological polar surface area (TPSA) is 141 Å². The summed E-state index contributed by atoms with van der Waals surface area (Å²) in [4.78, 5) is 12.6. The molecule has 0 aliphatic carbocycles. The number of amides is 1. The zero-order chi connectivity index (χ0) is 39.4. The maximum absolute atomic E-state index is 12.6. The van der Waals surface area contributed by atoms with Crippen molar-refractivity contribution in [3.05, 3.63) is 83.9 Å². The number of fused-ring (bicyclic) bond motifs is 1. The Morgan fingerprint density at radius 1 is 0.571 bits per heavy atom. The monoisotopic (exact) mass is 767 g/mol. The van der Waals surface area contributed by atoms with Crippen LogP contribution >= 0.6 is 0 Å². The number of nitrogens with zero attached hydrogens (tertiary/aromatic N) is 1. The van der Waals surface area contributed by atoms with E-state index in [1.807, 2.05) is 54.6 Å². The molecule has 0 bridgehead atoms. The van der Waals surface area contributed by atoms with Crippen LogP contribution in [0.15, 0.2) is 77.3 Å². The fraction of sp³-hybridized carbons (Fsp3) is 0.349. The Morgan fingerprint density at radius 2 is 1.21 bits per heavy atom. The van der Waals surface area contributed by atoms with Crippen molar-refractivity contribution >= 4 is 11.6 Å². The quantitative estimate of drug-likeness (QED) is 0.0732. The first-order chi connectivity index (χ1) is 27.4. The number of ether oxygens (including phenoxy) is 8. The summed E-state index contributed by atoms with van der Waals surface area (Å²) in [6.07, 6.45) is 5.63. The number of unbranched alkanes of at least 4 members (excludes halogenated alkanes) is 5. The third-order valence-corrected chi connectivity index (χ3v) is 9.55. The second kappa shape index (κ2) is 18.9. The summed E-state index contributed by atoms with van der Waals surface area (Å²) in [5.41, 5.74) is 4.27. The van der Waals surface area contributed by atoms with Crippen LogP contribution < -0.4 is 48.5 Å². The van der Waals surface area contributed by atoms with E-state index in [1.165, 1.54) is 0 Å². The summed E-state index contributed by atoms with van der Waals surface area (Å²) in [6.45, 7) is 1.08. The van der Waals surface area contributed by atoms with Crippen molar-refractivity contribution in [2.75, 3.05) is 61.2 Å². The van der Waals surface area contributed by atoms with Gasteiger partial charge in [0.2, 0.25) is 11.5 Å². The molecule has 1 aliphatic rings. The van der Waals surface area contributed by atoms with Crippen LogP contribution in [0.1, 0.15) is 60.6 Å². The van der Waals surface area contributed by atoms with Crippen molar-refractivity contribution in [3.8, 4) is 68.6 Å². The minimum atomic E-state index is -0.365. The summed E-state index contributed by atoms with van der Waals surface area (Å²) in [6, 6.07) is 22.3. The molecule has 1 aromatic heterocycles. The fourth-order valence-corrected chi connectivity index (χ4v) is 6.63. The first-order valence-corrected chi connectivity index (χ1v) is 18.5. The van der Waals surface area contributed by atoms with Gasteiger partial charge in [-0.1, -0.05) is 49.0 Å². The van der Waals surface area contributed by atoms with Crippen LogP contribution in [0.3, 0.4) is 0 Å². The average molecular weight is 768 g/mol. The van der Waals surface area contributed by atoms with E-state index in [-0.39, 0.29) is 12.1 Å². The van der Waals surface area contributed by atoms with Crippen LogP contribution in [0.4, 0.5) is 5.69 Å². The Labute approximate surface area is 327 Å². The Bertz CT molecular complexity index is 2070. The predicted octanol–water partition coefficient (Wildman–Crippen LogP) is 8.71. The molecule has 0 radical (unpaired) electrons. The van der Waals surface area contributed by atoms with Gasteiger partial charge in [-0.3, -0.25) is 4.79 Å². The number of aromatic nitrogens is 1. The molecule has 56 heavy (non-hydrogen) atoms. The number of carbonyl (C=O) groups is 1. The molecule has 0 saturated carbocycles. The Hall–Kier alpha value is -6.24. The van der Waals surface area contributed by atoms with Crippen LogP contribution in [0, 0.1) is 0 Å². The van der Waals surface area contributed by atoms with Crippen LogP contribution in [0.2, 0.25) is 0 Å². The first-order valence-electron chi connectivity index (χ1n) is 18.5. The molecule has 13 heteroatoms. The Kier molecular flexibility index (Phi) is 13.3. The normalized spacial score (nSPS) is 13.2. The Morgan fingerprint density at radius 3 is 1.89 bits per heavy atom. The minimum absolute atomic E-state index is 0.115. The Balaban J connectivity index is 0.959. The van der Waals surface area contributed by atoms with E-state index in [0.717, 1.165) is 49.8 Å². The number of hydrogen-bond donors (Lipinski definition) is 2. The molecule has 13 nitrogen and oxygen atoms in total. The number of anilines is 1. The first kappa shape index (κ1) is 39.5. The molecule has 2 heterocycles. The molecular formula is C43H49N3O10. The molecule has 1 aliphatic heterocycles. The molecular weight excluding hydrogens is 718 g/mol. The van der Waals surface area contributed by atoms with Crippen molar-refractivity contribution in [3.63, 3.8) is 0 Å². The maximum Gasteiger partial charge on any atom is 0.255 e. The second-order valence-electron chi connectivity index (χ2n) is 13.0. The number of methoxy groups -OCH3 is 6. The molecule has 296 valence electrons. The van der Waals surface area contributed by atoms with Gasteiger partial charge in [0.1, 0.15) is 11.9 Å². The summed E-state index contributed by atoms with van der Waals surface area (Å²) in [5.74, 6) is 4.76. The lowest BCUT2D eigenvalue weighted by Crippen LogP contribution is -2.38. The van der Waals surface area contributed by atoms with Crippen molar-refractivity contribution < 1.29 is 47.2 Å². The van der Waals surface area contributed by atoms with E-state index in [2.05, 4.69) is 15.8 Å². The second-order valence-corrected chi connectivity index (χ2v) is 13.0. The summed E-state index contributed by atoms with van der Waals surface area (Å²) in [7, 11) is 9.49. The van der Waals surface area contributed by atoms with Crippen LogP contribution in [0.5, 0.6) is 46.0 Å². The van der Waals surface area contributed by atoms with Gasteiger partial charge in [-0.25, -0.2) is 0 Å². The molecule has 6 rings (SSSR count). The molecule has 2 N–H and O–H groups in total. The lowest BCUT2D eigenvalue weighted by Gasteiger charge is -2.28. The molecule has 0 fully saturated rings. The van der Waals surface area contributed by atoms with Gasteiger partial charge in [-0.05, 0) is 66.9 Å². The smallest absolute Gasteiger partial charge is 0.255 e. The maximum atomic E-state index is 12.6. The van der Waals surface area contributed by atoms with E-state index in [4.69, 9.17) is 42.4 Å². The molecule has 1 unspecified atom stereocenters. The lowest BCUT2D eigenvalue weighted by molar-refractivity contribution is 0.0935. The third kappa shape index (κ3) is 8.83. The van der Waals surface area contributed by atoms with Crippen molar-refractivity contribution in [1.82, 2.24) is 10.5 Å². The fourth-order valence-electron chi connectivity index (χ4n) is 6.63.